The van der Waals surface area contributed by atoms with Crippen molar-refractivity contribution in [3.05, 3.63) is 82.2 Å². The second-order valence-corrected chi connectivity index (χ2v) is 10.0. The van der Waals surface area contributed by atoms with E-state index in [9.17, 15) is 19.2 Å². The Balaban J connectivity index is 1.17. The van der Waals surface area contributed by atoms with Crippen LogP contribution in [0.15, 0.2) is 69.9 Å². The Morgan fingerprint density at radius 3 is 2.37 bits per heavy atom. The highest BCUT2D eigenvalue weighted by Gasteiger charge is 2.67. The predicted octanol–water partition coefficient (Wildman–Crippen LogP) is 3.88. The van der Waals surface area contributed by atoms with Gasteiger partial charge in [0.2, 0.25) is 11.8 Å². The number of fused-ring (bicyclic) bond motifs is 1. The van der Waals surface area contributed by atoms with Gasteiger partial charge in [0.15, 0.2) is 0 Å². The number of imide groups is 1. The SMILES string of the molecule is Cc1cc(OC(=O)c2cccc(N3C(=O)C4C5C=CC(C6CC56)C4C3=O)c2)cc2oc(=O)ccc12. The van der Waals surface area contributed by atoms with Crippen molar-refractivity contribution in [2.75, 3.05) is 4.90 Å². The molecule has 3 fully saturated rings. The molecule has 6 unspecified atom stereocenters. The minimum absolute atomic E-state index is 0.140. The van der Waals surface area contributed by atoms with Crippen molar-refractivity contribution < 1.29 is 23.5 Å². The number of esters is 1. The fourth-order valence-corrected chi connectivity index (χ4v) is 6.53. The highest BCUT2D eigenvalue weighted by atomic mass is 16.5. The van der Waals surface area contributed by atoms with Crippen molar-refractivity contribution in [2.24, 2.45) is 35.5 Å². The van der Waals surface area contributed by atoms with E-state index >= 15 is 0 Å². The summed E-state index contributed by atoms with van der Waals surface area (Å²) in [5.41, 5.74) is 1.23. The van der Waals surface area contributed by atoms with Gasteiger partial charge in [-0.1, -0.05) is 18.2 Å². The Morgan fingerprint density at radius 1 is 0.943 bits per heavy atom. The van der Waals surface area contributed by atoms with E-state index in [0.29, 0.717) is 23.1 Å². The summed E-state index contributed by atoms with van der Waals surface area (Å²) in [7, 11) is 0. The zero-order chi connectivity index (χ0) is 24.0. The third kappa shape index (κ3) is 2.90. The fourth-order valence-electron chi connectivity index (χ4n) is 6.53. The van der Waals surface area contributed by atoms with Crippen LogP contribution in [0.5, 0.6) is 5.75 Å². The van der Waals surface area contributed by atoms with Crippen LogP contribution in [-0.4, -0.2) is 17.8 Å². The molecule has 7 heteroatoms. The molecule has 4 aliphatic carbocycles. The molecule has 2 heterocycles. The van der Waals surface area contributed by atoms with E-state index < -0.39 is 11.6 Å². The molecule has 35 heavy (non-hydrogen) atoms. The number of rotatable bonds is 3. The molecule has 6 atom stereocenters. The largest absolute Gasteiger partial charge is 0.423 e. The summed E-state index contributed by atoms with van der Waals surface area (Å²) in [4.78, 5) is 52.6. The van der Waals surface area contributed by atoms with E-state index in [0.717, 1.165) is 17.4 Å². The molecule has 1 aromatic heterocycles. The minimum atomic E-state index is -0.636. The summed E-state index contributed by atoms with van der Waals surface area (Å²) in [5, 5.41) is 0.750. The van der Waals surface area contributed by atoms with Crippen molar-refractivity contribution >= 4 is 34.4 Å². The third-order valence-corrected chi connectivity index (χ3v) is 8.13. The zero-order valence-electron chi connectivity index (χ0n) is 18.8. The molecular formula is C28H21NO6. The molecule has 2 saturated carbocycles. The Morgan fingerprint density at radius 2 is 1.66 bits per heavy atom. The number of hydrogen-bond donors (Lipinski definition) is 0. The standard InChI is InChI=1S/C28H21NO6/c1-13-9-16(11-22-17(13)7-8-23(30)35-22)34-28(33)14-3-2-4-15(10-14)29-26(31)24-18-5-6-19(21-12-20(18)21)25(24)27(29)32/h2-11,18-21,24-25H,12H2,1H3. The molecule has 0 spiro atoms. The summed E-state index contributed by atoms with van der Waals surface area (Å²) in [6, 6.07) is 12.6. The average Bonchev–Trinajstić information content (AvgIpc) is 3.62. The van der Waals surface area contributed by atoms with Gasteiger partial charge in [-0.25, -0.2) is 14.5 Å². The lowest BCUT2D eigenvalue weighted by Crippen LogP contribution is -2.40. The summed E-state index contributed by atoms with van der Waals surface area (Å²) in [5.74, 6) is -0.00546. The lowest BCUT2D eigenvalue weighted by Gasteiger charge is -2.37. The number of hydrogen-bond acceptors (Lipinski definition) is 6. The molecule has 174 valence electrons. The van der Waals surface area contributed by atoms with Crippen LogP contribution in [0.2, 0.25) is 0 Å². The first-order valence-corrected chi connectivity index (χ1v) is 11.8. The number of benzene rings is 2. The first-order chi connectivity index (χ1) is 16.9. The molecular weight excluding hydrogens is 446 g/mol. The topological polar surface area (TPSA) is 93.9 Å². The van der Waals surface area contributed by atoms with Crippen molar-refractivity contribution in [1.82, 2.24) is 0 Å². The summed E-state index contributed by atoms with van der Waals surface area (Å²) >= 11 is 0. The highest BCUT2D eigenvalue weighted by Crippen LogP contribution is 2.65. The average molecular weight is 467 g/mol. The molecule has 2 aromatic carbocycles. The smallest absolute Gasteiger partial charge is 0.343 e. The molecule has 0 N–H and O–H groups in total. The molecule has 5 aliphatic rings. The van der Waals surface area contributed by atoms with Crippen LogP contribution in [0.1, 0.15) is 22.3 Å². The van der Waals surface area contributed by atoms with E-state index in [1.54, 1.807) is 30.3 Å². The number of amides is 2. The molecule has 3 aromatic rings. The highest BCUT2D eigenvalue weighted by molar-refractivity contribution is 6.23. The fraction of sp³-hybridized carbons (Fsp3) is 0.286. The van der Waals surface area contributed by atoms with E-state index in [4.69, 9.17) is 9.15 Å². The third-order valence-electron chi connectivity index (χ3n) is 8.13. The molecule has 2 bridgehead atoms. The van der Waals surface area contributed by atoms with Crippen LogP contribution in [0.4, 0.5) is 5.69 Å². The summed E-state index contributed by atoms with van der Waals surface area (Å²) in [6.07, 6.45) is 5.38. The number of nitrogens with zero attached hydrogens (tertiary/aromatic N) is 1. The number of aryl methyl sites for hydroxylation is 1. The van der Waals surface area contributed by atoms with E-state index in [1.165, 1.54) is 23.1 Å². The lowest BCUT2D eigenvalue weighted by atomic mass is 9.63. The maximum Gasteiger partial charge on any atom is 0.343 e. The minimum Gasteiger partial charge on any atom is -0.423 e. The lowest BCUT2D eigenvalue weighted by molar-refractivity contribution is -0.124. The van der Waals surface area contributed by atoms with Crippen molar-refractivity contribution in [1.29, 1.82) is 0 Å². The zero-order valence-corrected chi connectivity index (χ0v) is 18.8. The van der Waals surface area contributed by atoms with Crippen LogP contribution < -0.4 is 15.3 Å². The maximum atomic E-state index is 13.4. The molecule has 1 saturated heterocycles. The van der Waals surface area contributed by atoms with E-state index in [-0.39, 0.29) is 46.8 Å². The number of carbonyl (C=O) groups is 3. The van der Waals surface area contributed by atoms with Gasteiger partial charge in [-0.15, -0.1) is 0 Å². The van der Waals surface area contributed by atoms with Crippen molar-refractivity contribution in [2.45, 2.75) is 13.3 Å². The quantitative estimate of drug-likeness (QED) is 0.191. The van der Waals surface area contributed by atoms with Gasteiger partial charge < -0.3 is 9.15 Å². The molecule has 1 aliphatic heterocycles. The Kier molecular flexibility index (Phi) is 4.08. The van der Waals surface area contributed by atoms with Crippen LogP contribution in [-0.2, 0) is 9.59 Å². The normalized spacial score (nSPS) is 29.9. The summed E-state index contributed by atoms with van der Waals surface area (Å²) < 4.78 is 10.8. The van der Waals surface area contributed by atoms with Gasteiger partial charge in [0.25, 0.3) is 0 Å². The van der Waals surface area contributed by atoms with Gasteiger partial charge >= 0.3 is 11.6 Å². The Labute approximate surface area is 200 Å². The van der Waals surface area contributed by atoms with Crippen LogP contribution >= 0.6 is 0 Å². The van der Waals surface area contributed by atoms with Gasteiger partial charge in [-0.3, -0.25) is 9.59 Å². The molecule has 0 radical (unpaired) electrons. The number of ether oxygens (including phenoxy) is 1. The first kappa shape index (κ1) is 20.4. The van der Waals surface area contributed by atoms with Gasteiger partial charge in [0, 0.05) is 17.5 Å². The molecule has 2 amide bonds. The van der Waals surface area contributed by atoms with E-state index in [2.05, 4.69) is 12.2 Å². The second-order valence-electron chi connectivity index (χ2n) is 10.0. The molecule has 8 rings (SSSR count). The van der Waals surface area contributed by atoms with Crippen LogP contribution in [0.25, 0.3) is 11.0 Å². The van der Waals surface area contributed by atoms with Crippen LogP contribution in [0.3, 0.4) is 0 Å². The van der Waals surface area contributed by atoms with Crippen molar-refractivity contribution in [3.8, 4) is 5.75 Å². The van der Waals surface area contributed by atoms with Gasteiger partial charge in [-0.2, -0.15) is 0 Å². The van der Waals surface area contributed by atoms with Crippen molar-refractivity contribution in [3.63, 3.8) is 0 Å². The van der Waals surface area contributed by atoms with Gasteiger partial charge in [0.05, 0.1) is 23.1 Å². The number of carbonyl (C=O) groups excluding carboxylic acids is 3. The number of allylic oxidation sites excluding steroid dienone is 2. The number of anilines is 1. The predicted molar refractivity (Wildman–Crippen MR) is 126 cm³/mol. The second kappa shape index (κ2) is 7.01. The Bertz CT molecular complexity index is 1510. The summed E-state index contributed by atoms with van der Waals surface area (Å²) in [6.45, 7) is 1.83. The van der Waals surface area contributed by atoms with Gasteiger partial charge in [0.1, 0.15) is 11.3 Å². The van der Waals surface area contributed by atoms with E-state index in [1.807, 2.05) is 6.92 Å². The Hall–Kier alpha value is -4.00. The van der Waals surface area contributed by atoms with Gasteiger partial charge in [-0.05, 0) is 72.9 Å². The monoisotopic (exact) mass is 467 g/mol. The maximum absolute atomic E-state index is 13.4. The first-order valence-electron chi connectivity index (χ1n) is 11.8. The van der Waals surface area contributed by atoms with Crippen LogP contribution in [0, 0.1) is 42.4 Å². The molecule has 7 nitrogen and oxygen atoms in total.